The van der Waals surface area contributed by atoms with Crippen molar-refractivity contribution in [1.29, 1.82) is 0 Å². The van der Waals surface area contributed by atoms with Crippen LogP contribution in [0.3, 0.4) is 0 Å². The molecule has 0 amide bonds. The average Bonchev–Trinajstić information content (AvgIpc) is 2.16. The first kappa shape index (κ1) is 17.9. The molecule has 0 aliphatic carbocycles. The lowest BCUT2D eigenvalue weighted by molar-refractivity contribution is -0.140. The van der Waals surface area contributed by atoms with E-state index in [1.807, 2.05) is 0 Å². The number of rotatable bonds is 5. The Labute approximate surface area is 110 Å². The van der Waals surface area contributed by atoms with Crippen molar-refractivity contribution in [2.75, 3.05) is 5.33 Å². The monoisotopic (exact) mass is 360 g/mol. The summed E-state index contributed by atoms with van der Waals surface area (Å²) < 4.78 is 0. The minimum atomic E-state index is -0.976. The van der Waals surface area contributed by atoms with E-state index >= 15 is 0 Å². The summed E-state index contributed by atoms with van der Waals surface area (Å²) in [5, 5.41) is 16.4. The molecule has 0 aromatic rings. The van der Waals surface area contributed by atoms with E-state index in [0.717, 1.165) is 0 Å². The topological polar surface area (TPSA) is 91.7 Å². The molecule has 0 aromatic carbocycles. The SMILES string of the molecule is CC(C)C(=O)O.O=C(O)CC(Br)C(=O)CBr. The van der Waals surface area contributed by atoms with Gasteiger partial charge in [0.05, 0.1) is 22.5 Å². The Hall–Kier alpha value is -0.430. The van der Waals surface area contributed by atoms with Crippen molar-refractivity contribution in [2.24, 2.45) is 5.92 Å². The van der Waals surface area contributed by atoms with Gasteiger partial charge in [-0.1, -0.05) is 45.7 Å². The Kier molecular flexibility index (Phi) is 11.0. The maximum atomic E-state index is 10.7. The number of carboxylic acid groups (broad SMARTS) is 2. The molecule has 94 valence electrons. The van der Waals surface area contributed by atoms with Crippen LogP contribution in [0.25, 0.3) is 0 Å². The van der Waals surface area contributed by atoms with Crippen molar-refractivity contribution in [1.82, 2.24) is 0 Å². The van der Waals surface area contributed by atoms with Crippen LogP contribution in [-0.4, -0.2) is 38.1 Å². The van der Waals surface area contributed by atoms with E-state index in [4.69, 9.17) is 10.2 Å². The average molecular weight is 362 g/mol. The van der Waals surface area contributed by atoms with Crippen LogP contribution in [0.2, 0.25) is 0 Å². The molecule has 0 spiro atoms. The van der Waals surface area contributed by atoms with Crippen molar-refractivity contribution in [3.63, 3.8) is 0 Å². The number of hydrogen-bond donors (Lipinski definition) is 2. The summed E-state index contributed by atoms with van der Waals surface area (Å²) in [5.74, 6) is -2.10. The summed E-state index contributed by atoms with van der Waals surface area (Å²) in [7, 11) is 0. The van der Waals surface area contributed by atoms with Crippen molar-refractivity contribution in [2.45, 2.75) is 25.1 Å². The number of halogens is 2. The van der Waals surface area contributed by atoms with Crippen LogP contribution in [0.15, 0.2) is 0 Å². The first-order valence-corrected chi connectivity index (χ1v) is 6.43. The molecule has 0 heterocycles. The number of hydrogen-bond acceptors (Lipinski definition) is 3. The highest BCUT2D eigenvalue weighted by Crippen LogP contribution is 2.07. The van der Waals surface area contributed by atoms with E-state index < -0.39 is 16.8 Å². The lowest BCUT2D eigenvalue weighted by atomic mass is 10.2. The van der Waals surface area contributed by atoms with Gasteiger partial charge in [0.2, 0.25) is 0 Å². The van der Waals surface area contributed by atoms with Crippen molar-refractivity contribution in [3.8, 4) is 0 Å². The second kappa shape index (κ2) is 9.77. The molecule has 7 heteroatoms. The Morgan fingerprint density at radius 2 is 1.56 bits per heavy atom. The fraction of sp³-hybridized carbons (Fsp3) is 0.667. The molecule has 16 heavy (non-hydrogen) atoms. The summed E-state index contributed by atoms with van der Waals surface area (Å²) in [6, 6.07) is 0. The fourth-order valence-electron chi connectivity index (χ4n) is 0.351. The maximum absolute atomic E-state index is 10.7. The van der Waals surface area contributed by atoms with E-state index in [9.17, 15) is 14.4 Å². The molecule has 1 unspecified atom stereocenters. The maximum Gasteiger partial charge on any atom is 0.305 e. The molecule has 5 nitrogen and oxygen atoms in total. The number of alkyl halides is 2. The van der Waals surface area contributed by atoms with Gasteiger partial charge >= 0.3 is 11.9 Å². The summed E-state index contributed by atoms with van der Waals surface area (Å²) in [6.07, 6.45) is -0.162. The highest BCUT2D eigenvalue weighted by Gasteiger charge is 2.16. The molecular formula is C9H14Br2O5. The van der Waals surface area contributed by atoms with Crippen LogP contribution in [-0.2, 0) is 14.4 Å². The van der Waals surface area contributed by atoms with Crippen LogP contribution < -0.4 is 0 Å². The highest BCUT2D eigenvalue weighted by molar-refractivity contribution is 9.10. The summed E-state index contributed by atoms with van der Waals surface area (Å²) >= 11 is 5.88. The predicted molar refractivity (Wildman–Crippen MR) is 66.2 cm³/mol. The smallest absolute Gasteiger partial charge is 0.305 e. The Morgan fingerprint density at radius 1 is 1.19 bits per heavy atom. The van der Waals surface area contributed by atoms with Gasteiger partial charge in [0.15, 0.2) is 5.78 Å². The molecule has 0 radical (unpaired) electrons. The molecule has 0 saturated heterocycles. The molecule has 0 rings (SSSR count). The van der Waals surface area contributed by atoms with Crippen LogP contribution in [0.1, 0.15) is 20.3 Å². The van der Waals surface area contributed by atoms with Gasteiger partial charge in [0.25, 0.3) is 0 Å². The van der Waals surface area contributed by atoms with E-state index in [2.05, 4.69) is 31.9 Å². The quantitative estimate of drug-likeness (QED) is 0.730. The zero-order valence-electron chi connectivity index (χ0n) is 8.94. The third-order valence-electron chi connectivity index (χ3n) is 1.33. The molecule has 0 aliphatic rings. The minimum Gasteiger partial charge on any atom is -0.481 e. The highest BCUT2D eigenvalue weighted by atomic mass is 79.9. The van der Waals surface area contributed by atoms with E-state index in [1.54, 1.807) is 13.8 Å². The van der Waals surface area contributed by atoms with E-state index in [-0.39, 0.29) is 23.5 Å². The lowest BCUT2D eigenvalue weighted by Gasteiger charge is -2.00. The van der Waals surface area contributed by atoms with E-state index in [0.29, 0.717) is 0 Å². The second-order valence-electron chi connectivity index (χ2n) is 3.16. The summed E-state index contributed by atoms with van der Waals surface area (Å²) in [4.78, 5) is 29.9. The second-order valence-corrected chi connectivity index (χ2v) is 4.82. The molecule has 2 N–H and O–H groups in total. The van der Waals surface area contributed by atoms with Crippen molar-refractivity contribution in [3.05, 3.63) is 0 Å². The third-order valence-corrected chi connectivity index (χ3v) is 2.72. The van der Waals surface area contributed by atoms with Crippen LogP contribution >= 0.6 is 31.9 Å². The summed E-state index contributed by atoms with van der Waals surface area (Å²) in [5.41, 5.74) is 0. The number of Topliss-reactive ketones (excluding diaryl/α,β-unsaturated/α-hetero) is 1. The lowest BCUT2D eigenvalue weighted by Crippen LogP contribution is -2.18. The number of carboxylic acids is 2. The molecule has 1 atom stereocenters. The zero-order valence-corrected chi connectivity index (χ0v) is 12.1. The van der Waals surface area contributed by atoms with Gasteiger partial charge < -0.3 is 10.2 Å². The van der Waals surface area contributed by atoms with Gasteiger partial charge in [0.1, 0.15) is 0 Å². The van der Waals surface area contributed by atoms with Crippen LogP contribution in [0, 0.1) is 5.92 Å². The van der Waals surface area contributed by atoms with Crippen molar-refractivity contribution >= 4 is 49.6 Å². The van der Waals surface area contributed by atoms with Gasteiger partial charge in [-0.15, -0.1) is 0 Å². The Morgan fingerprint density at radius 3 is 1.75 bits per heavy atom. The molecule has 0 saturated carbocycles. The Bertz CT molecular complexity index is 252. The molecule has 0 fully saturated rings. The van der Waals surface area contributed by atoms with Gasteiger partial charge in [-0.05, 0) is 0 Å². The van der Waals surface area contributed by atoms with Crippen LogP contribution in [0.4, 0.5) is 0 Å². The van der Waals surface area contributed by atoms with Gasteiger partial charge in [-0.2, -0.15) is 0 Å². The molecule has 0 bridgehead atoms. The predicted octanol–water partition coefficient (Wildman–Crippen LogP) is 1.92. The third kappa shape index (κ3) is 11.6. The largest absolute Gasteiger partial charge is 0.481 e. The standard InChI is InChI=1S/C5H6Br2O3.C4H8O2/c6-2-4(8)3(7)1-5(9)10;1-3(2)4(5)6/h3H,1-2H2,(H,9,10);3H,1-2H3,(H,5,6). The summed E-state index contributed by atoms with van der Waals surface area (Å²) in [6.45, 7) is 3.28. The zero-order chi connectivity index (χ0) is 13.3. The normalized spacial score (nSPS) is 11.3. The first-order chi connectivity index (χ1) is 7.22. The molecule has 0 aromatic heterocycles. The van der Waals surface area contributed by atoms with Gasteiger partial charge in [-0.25, -0.2) is 0 Å². The van der Waals surface area contributed by atoms with Gasteiger partial charge in [0, 0.05) is 0 Å². The van der Waals surface area contributed by atoms with Crippen molar-refractivity contribution < 1.29 is 24.6 Å². The number of ketones is 1. The number of carbonyl (C=O) groups excluding carboxylic acids is 1. The fourth-order valence-corrected chi connectivity index (χ4v) is 1.61. The number of aliphatic carboxylic acids is 2. The minimum absolute atomic E-state index is 0.151. The van der Waals surface area contributed by atoms with Gasteiger partial charge in [-0.3, -0.25) is 14.4 Å². The Balaban J connectivity index is 0. The molecule has 0 aliphatic heterocycles. The first-order valence-electron chi connectivity index (χ1n) is 4.39. The molecular weight excluding hydrogens is 348 g/mol. The van der Waals surface area contributed by atoms with E-state index in [1.165, 1.54) is 0 Å². The number of carbonyl (C=O) groups is 3. The van der Waals surface area contributed by atoms with Crippen LogP contribution in [0.5, 0.6) is 0 Å².